The van der Waals surface area contributed by atoms with Crippen molar-refractivity contribution < 1.29 is 0 Å². The predicted molar refractivity (Wildman–Crippen MR) is 76.6 cm³/mol. The Kier molecular flexibility index (Phi) is 6.24. The lowest BCUT2D eigenvalue weighted by atomic mass is 10.1. The normalized spacial score (nSPS) is 10.9. The minimum Gasteiger partial charge on any atom is -0.378 e. The highest BCUT2D eigenvalue weighted by atomic mass is 79.9. The van der Waals surface area contributed by atoms with E-state index in [0.29, 0.717) is 0 Å². The van der Waals surface area contributed by atoms with Crippen LogP contribution in [-0.4, -0.2) is 19.4 Å². The van der Waals surface area contributed by atoms with Crippen LogP contribution >= 0.6 is 15.9 Å². The van der Waals surface area contributed by atoms with Gasteiger partial charge in [-0.3, -0.25) is 0 Å². The first kappa shape index (κ1) is 13.3. The third-order valence-electron chi connectivity index (χ3n) is 2.49. The highest BCUT2D eigenvalue weighted by molar-refractivity contribution is 9.09. The summed E-state index contributed by atoms with van der Waals surface area (Å²) in [5, 5.41) is 1.06. The minimum absolute atomic E-state index is 1.06. The van der Waals surface area contributed by atoms with Gasteiger partial charge >= 0.3 is 0 Å². The maximum absolute atomic E-state index is 3.41. The van der Waals surface area contributed by atoms with Crippen molar-refractivity contribution in [2.45, 2.75) is 19.3 Å². The summed E-state index contributed by atoms with van der Waals surface area (Å²) >= 11 is 3.41. The lowest BCUT2D eigenvalue weighted by molar-refractivity contribution is 0.991. The third-order valence-corrected chi connectivity index (χ3v) is 2.95. The molecule has 0 fully saturated rings. The molecule has 1 aromatic rings. The zero-order valence-electron chi connectivity index (χ0n) is 10.1. The summed E-state index contributed by atoms with van der Waals surface area (Å²) in [7, 11) is 4.13. The molecule has 0 saturated carbocycles. The number of alkyl halides is 1. The van der Waals surface area contributed by atoms with Gasteiger partial charge in [-0.05, 0) is 37.0 Å². The zero-order chi connectivity index (χ0) is 11.8. The quantitative estimate of drug-likeness (QED) is 0.562. The molecule has 1 rings (SSSR count). The van der Waals surface area contributed by atoms with E-state index in [1.54, 1.807) is 0 Å². The summed E-state index contributed by atoms with van der Waals surface area (Å²) < 4.78 is 0. The number of rotatable bonds is 6. The predicted octanol–water partition coefficient (Wildman–Crippen LogP) is 4.03. The molecule has 88 valence electrons. The van der Waals surface area contributed by atoms with E-state index in [4.69, 9.17) is 0 Å². The second-order valence-corrected chi connectivity index (χ2v) is 4.84. The van der Waals surface area contributed by atoms with Gasteiger partial charge in [-0.1, -0.05) is 40.2 Å². The third kappa shape index (κ3) is 4.84. The van der Waals surface area contributed by atoms with E-state index in [9.17, 15) is 0 Å². The van der Waals surface area contributed by atoms with Crippen LogP contribution in [-0.2, 0) is 6.42 Å². The molecule has 1 aromatic carbocycles. The monoisotopic (exact) mass is 281 g/mol. The molecule has 0 spiro atoms. The van der Waals surface area contributed by atoms with E-state index < -0.39 is 0 Å². The molecule has 0 aliphatic heterocycles. The Bertz CT molecular complexity index is 314. The number of benzene rings is 1. The van der Waals surface area contributed by atoms with Crippen molar-refractivity contribution in [2.75, 3.05) is 24.3 Å². The summed E-state index contributed by atoms with van der Waals surface area (Å²) in [6.45, 7) is 0. The van der Waals surface area contributed by atoms with E-state index in [-0.39, 0.29) is 0 Å². The molecule has 0 aliphatic rings. The molecular formula is C14H20BrN. The molecular weight excluding hydrogens is 262 g/mol. The highest BCUT2D eigenvalue weighted by Crippen LogP contribution is 2.13. The van der Waals surface area contributed by atoms with E-state index in [1.165, 1.54) is 11.3 Å². The van der Waals surface area contributed by atoms with E-state index in [1.807, 2.05) is 0 Å². The van der Waals surface area contributed by atoms with Gasteiger partial charge in [0.25, 0.3) is 0 Å². The molecule has 0 atom stereocenters. The largest absolute Gasteiger partial charge is 0.378 e. The zero-order valence-corrected chi connectivity index (χ0v) is 11.7. The summed E-state index contributed by atoms with van der Waals surface area (Å²) in [6, 6.07) is 8.79. The fourth-order valence-electron chi connectivity index (χ4n) is 1.51. The summed E-state index contributed by atoms with van der Waals surface area (Å²) in [6.07, 6.45) is 7.89. The second kappa shape index (κ2) is 7.50. The van der Waals surface area contributed by atoms with Gasteiger partial charge in [0, 0.05) is 25.1 Å². The van der Waals surface area contributed by atoms with Crippen LogP contribution in [0.2, 0.25) is 0 Å². The van der Waals surface area contributed by atoms with Crippen molar-refractivity contribution >= 4 is 21.6 Å². The van der Waals surface area contributed by atoms with Crippen LogP contribution in [0.15, 0.2) is 36.4 Å². The van der Waals surface area contributed by atoms with Gasteiger partial charge in [0.05, 0.1) is 0 Å². The average molecular weight is 282 g/mol. The minimum atomic E-state index is 1.06. The molecule has 0 aliphatic carbocycles. The number of hydrogen-bond acceptors (Lipinski definition) is 1. The lowest BCUT2D eigenvalue weighted by Crippen LogP contribution is -2.08. The molecule has 2 heteroatoms. The van der Waals surface area contributed by atoms with E-state index in [0.717, 1.165) is 24.6 Å². The van der Waals surface area contributed by atoms with Crippen LogP contribution in [0.25, 0.3) is 0 Å². The molecule has 16 heavy (non-hydrogen) atoms. The number of halogens is 1. The Balaban J connectivity index is 2.37. The van der Waals surface area contributed by atoms with Crippen molar-refractivity contribution in [3.05, 3.63) is 42.0 Å². The van der Waals surface area contributed by atoms with Gasteiger partial charge in [0.1, 0.15) is 0 Å². The summed E-state index contributed by atoms with van der Waals surface area (Å²) in [5.74, 6) is 0. The van der Waals surface area contributed by atoms with Gasteiger partial charge < -0.3 is 4.90 Å². The van der Waals surface area contributed by atoms with E-state index >= 15 is 0 Å². The Hall–Kier alpha value is -0.760. The number of aryl methyl sites for hydroxylation is 1. The molecule has 0 saturated heterocycles. The van der Waals surface area contributed by atoms with E-state index in [2.05, 4.69) is 71.3 Å². The topological polar surface area (TPSA) is 3.24 Å². The van der Waals surface area contributed by atoms with Crippen LogP contribution in [0.4, 0.5) is 5.69 Å². The Morgan fingerprint density at radius 2 is 1.69 bits per heavy atom. The standard InChI is InChI=1S/C14H20BrN/c1-16(2)14-10-8-13(9-11-14)7-5-3-4-6-12-15/h3-4,8-11H,5-7,12H2,1-2H3. The molecule has 0 bridgehead atoms. The van der Waals surface area contributed by atoms with Crippen molar-refractivity contribution in [2.24, 2.45) is 0 Å². The van der Waals surface area contributed by atoms with Gasteiger partial charge in [0.2, 0.25) is 0 Å². The molecule has 1 nitrogen and oxygen atoms in total. The molecule has 0 radical (unpaired) electrons. The smallest absolute Gasteiger partial charge is 0.0361 e. The van der Waals surface area contributed by atoms with Crippen molar-refractivity contribution in [1.29, 1.82) is 0 Å². The molecule has 0 N–H and O–H groups in total. The van der Waals surface area contributed by atoms with Crippen LogP contribution in [0.5, 0.6) is 0 Å². The highest BCUT2D eigenvalue weighted by Gasteiger charge is 1.95. The number of hydrogen-bond donors (Lipinski definition) is 0. The van der Waals surface area contributed by atoms with Crippen LogP contribution < -0.4 is 4.90 Å². The van der Waals surface area contributed by atoms with Crippen LogP contribution in [0, 0.1) is 0 Å². The first-order chi connectivity index (χ1) is 7.74. The van der Waals surface area contributed by atoms with Gasteiger partial charge in [-0.15, -0.1) is 0 Å². The van der Waals surface area contributed by atoms with Gasteiger partial charge in [-0.2, -0.15) is 0 Å². The van der Waals surface area contributed by atoms with Crippen molar-refractivity contribution in [1.82, 2.24) is 0 Å². The molecule has 0 unspecified atom stereocenters. The first-order valence-corrected chi connectivity index (χ1v) is 6.83. The number of anilines is 1. The van der Waals surface area contributed by atoms with Gasteiger partial charge in [-0.25, -0.2) is 0 Å². The van der Waals surface area contributed by atoms with Gasteiger partial charge in [0.15, 0.2) is 0 Å². The SMILES string of the molecule is CN(C)c1ccc(CCC=CCCBr)cc1. The second-order valence-electron chi connectivity index (χ2n) is 4.05. The Morgan fingerprint density at radius 3 is 2.25 bits per heavy atom. The lowest BCUT2D eigenvalue weighted by Gasteiger charge is -2.12. The Morgan fingerprint density at radius 1 is 1.06 bits per heavy atom. The summed E-state index contributed by atoms with van der Waals surface area (Å²) in [4.78, 5) is 2.12. The Labute approximate surface area is 107 Å². The average Bonchev–Trinajstić information content (AvgIpc) is 2.29. The number of allylic oxidation sites excluding steroid dienone is 2. The molecule has 0 aromatic heterocycles. The fraction of sp³-hybridized carbons (Fsp3) is 0.429. The fourth-order valence-corrected chi connectivity index (χ4v) is 1.77. The molecule has 0 amide bonds. The van der Waals surface area contributed by atoms with Crippen molar-refractivity contribution in [3.8, 4) is 0 Å². The van der Waals surface area contributed by atoms with Crippen LogP contribution in [0.1, 0.15) is 18.4 Å². The molecule has 0 heterocycles. The maximum atomic E-state index is 3.41. The number of nitrogens with zero attached hydrogens (tertiary/aromatic N) is 1. The van der Waals surface area contributed by atoms with Crippen LogP contribution in [0.3, 0.4) is 0 Å². The maximum Gasteiger partial charge on any atom is 0.0361 e. The summed E-state index contributed by atoms with van der Waals surface area (Å²) in [5.41, 5.74) is 2.67. The first-order valence-electron chi connectivity index (χ1n) is 5.71. The van der Waals surface area contributed by atoms with Crippen molar-refractivity contribution in [3.63, 3.8) is 0 Å².